The third-order valence-electron chi connectivity index (χ3n) is 3.88. The Balaban J connectivity index is 1.87. The number of alkyl carbamates (subject to hydrolysis) is 1. The average Bonchev–Trinajstić information content (AvgIpc) is 2.85. The van der Waals surface area contributed by atoms with Crippen molar-refractivity contribution in [1.29, 1.82) is 0 Å². The molecule has 0 bridgehead atoms. The summed E-state index contributed by atoms with van der Waals surface area (Å²) in [6.07, 6.45) is -0.381. The van der Waals surface area contributed by atoms with Gasteiger partial charge in [-0.25, -0.2) is 9.18 Å². The summed E-state index contributed by atoms with van der Waals surface area (Å²) in [6, 6.07) is 7.44. The maximum Gasteiger partial charge on any atom is 0.407 e. The highest BCUT2D eigenvalue weighted by atomic mass is 28.3. The second kappa shape index (κ2) is 7.24. The van der Waals surface area contributed by atoms with Crippen LogP contribution in [0.15, 0.2) is 24.3 Å². The number of amides is 1. The Morgan fingerprint density at radius 3 is 2.86 bits per heavy atom. The quantitative estimate of drug-likeness (QED) is 0.819. The van der Waals surface area contributed by atoms with E-state index in [1.807, 2.05) is 6.07 Å². The van der Waals surface area contributed by atoms with Crippen molar-refractivity contribution in [3.05, 3.63) is 35.6 Å². The average molecular weight is 324 g/mol. The van der Waals surface area contributed by atoms with Crippen molar-refractivity contribution in [3.8, 4) is 0 Å². The van der Waals surface area contributed by atoms with Crippen LogP contribution in [0.3, 0.4) is 0 Å². The van der Waals surface area contributed by atoms with Gasteiger partial charge in [-0.1, -0.05) is 31.8 Å². The Morgan fingerprint density at radius 2 is 2.18 bits per heavy atom. The molecule has 2 atom stereocenters. The molecule has 1 saturated heterocycles. The van der Waals surface area contributed by atoms with Crippen LogP contribution in [0.25, 0.3) is 0 Å². The van der Waals surface area contributed by atoms with Gasteiger partial charge in [0.25, 0.3) is 0 Å². The monoisotopic (exact) mass is 324 g/mol. The molecule has 0 aliphatic carbocycles. The molecule has 1 fully saturated rings. The Kier molecular flexibility index (Phi) is 5.58. The summed E-state index contributed by atoms with van der Waals surface area (Å²) < 4.78 is 18.6. The van der Waals surface area contributed by atoms with Gasteiger partial charge in [-0.05, 0) is 23.7 Å². The van der Waals surface area contributed by atoms with Crippen molar-refractivity contribution >= 4 is 14.2 Å². The molecule has 1 aromatic rings. The molecule has 0 aromatic heterocycles. The first kappa shape index (κ1) is 17.0. The van der Waals surface area contributed by atoms with Crippen LogP contribution in [-0.4, -0.2) is 39.9 Å². The molecule has 122 valence electrons. The third-order valence-corrected chi connectivity index (χ3v) is 5.58. The second-order valence-corrected chi connectivity index (χ2v) is 12.6. The number of benzene rings is 1. The molecule has 0 spiro atoms. The van der Waals surface area contributed by atoms with E-state index in [0.29, 0.717) is 13.2 Å². The highest BCUT2D eigenvalue weighted by Gasteiger charge is 2.30. The summed E-state index contributed by atoms with van der Waals surface area (Å²) in [7, 11) is -1.20. The fraction of sp³-hybridized carbons (Fsp3) is 0.562. The summed E-state index contributed by atoms with van der Waals surface area (Å²) >= 11 is 0. The molecule has 4 nitrogen and oxygen atoms in total. The fourth-order valence-electron chi connectivity index (χ4n) is 2.56. The van der Waals surface area contributed by atoms with Crippen molar-refractivity contribution in [2.45, 2.75) is 37.6 Å². The molecule has 2 N–H and O–H groups in total. The zero-order valence-corrected chi connectivity index (χ0v) is 14.5. The maximum atomic E-state index is 13.4. The summed E-state index contributed by atoms with van der Waals surface area (Å²) in [5.74, 6) is -0.180. The van der Waals surface area contributed by atoms with E-state index >= 15 is 0 Å². The van der Waals surface area contributed by atoms with Crippen molar-refractivity contribution in [1.82, 2.24) is 10.6 Å². The van der Waals surface area contributed by atoms with Crippen LogP contribution in [0.2, 0.25) is 25.7 Å². The van der Waals surface area contributed by atoms with E-state index < -0.39 is 8.07 Å². The number of rotatable bonds is 5. The lowest BCUT2D eigenvalue weighted by Gasteiger charge is -2.21. The van der Waals surface area contributed by atoms with Crippen LogP contribution >= 0.6 is 0 Å². The lowest BCUT2D eigenvalue weighted by molar-refractivity contribution is 0.147. The molecule has 1 aliphatic rings. The van der Waals surface area contributed by atoms with E-state index in [9.17, 15) is 9.18 Å². The van der Waals surface area contributed by atoms with Gasteiger partial charge < -0.3 is 15.4 Å². The SMILES string of the molecule is C[Si](C)(C)CCOC(=O)NC1CNCC1c1cccc(F)c1. The number of nitrogens with one attached hydrogen (secondary N) is 2. The lowest BCUT2D eigenvalue weighted by atomic mass is 9.94. The lowest BCUT2D eigenvalue weighted by Crippen LogP contribution is -2.40. The number of halogens is 1. The van der Waals surface area contributed by atoms with E-state index in [1.54, 1.807) is 6.07 Å². The van der Waals surface area contributed by atoms with E-state index in [4.69, 9.17) is 4.74 Å². The Bertz CT molecular complexity index is 519. The van der Waals surface area contributed by atoms with Gasteiger partial charge in [-0.3, -0.25) is 0 Å². The van der Waals surface area contributed by atoms with Crippen LogP contribution in [0, 0.1) is 5.82 Å². The molecule has 22 heavy (non-hydrogen) atoms. The van der Waals surface area contributed by atoms with Crippen LogP contribution < -0.4 is 10.6 Å². The topological polar surface area (TPSA) is 50.4 Å². The zero-order chi connectivity index (χ0) is 16.2. The van der Waals surface area contributed by atoms with Gasteiger partial charge >= 0.3 is 6.09 Å². The van der Waals surface area contributed by atoms with Crippen molar-refractivity contribution in [2.75, 3.05) is 19.7 Å². The summed E-state index contributed by atoms with van der Waals surface area (Å²) in [5.41, 5.74) is 0.900. The smallest absolute Gasteiger partial charge is 0.407 e. The van der Waals surface area contributed by atoms with Gasteiger partial charge in [0.15, 0.2) is 0 Å². The molecule has 0 radical (unpaired) electrons. The largest absolute Gasteiger partial charge is 0.450 e. The van der Waals surface area contributed by atoms with E-state index in [0.717, 1.165) is 18.2 Å². The number of hydrogen-bond donors (Lipinski definition) is 2. The predicted molar refractivity (Wildman–Crippen MR) is 88.4 cm³/mol. The first-order chi connectivity index (χ1) is 10.3. The van der Waals surface area contributed by atoms with Crippen molar-refractivity contribution < 1.29 is 13.9 Å². The summed E-state index contributed by atoms with van der Waals surface area (Å²) in [6.45, 7) is 8.60. The molecular formula is C16H25FN2O2Si. The van der Waals surface area contributed by atoms with Crippen molar-refractivity contribution in [3.63, 3.8) is 0 Å². The Morgan fingerprint density at radius 1 is 1.41 bits per heavy atom. The van der Waals surface area contributed by atoms with E-state index in [2.05, 4.69) is 30.3 Å². The van der Waals surface area contributed by atoms with Crippen LogP contribution in [0.4, 0.5) is 9.18 Å². The van der Waals surface area contributed by atoms with Gasteiger partial charge in [0.1, 0.15) is 5.82 Å². The second-order valence-electron chi connectivity index (χ2n) is 7.02. The Hall–Kier alpha value is -1.40. The minimum absolute atomic E-state index is 0.0684. The highest BCUT2D eigenvalue weighted by Crippen LogP contribution is 2.23. The third kappa shape index (κ3) is 5.10. The van der Waals surface area contributed by atoms with Gasteiger partial charge in [0, 0.05) is 27.1 Å². The van der Waals surface area contributed by atoms with Gasteiger partial charge in [0.05, 0.1) is 12.6 Å². The first-order valence-electron chi connectivity index (χ1n) is 7.75. The Labute approximate surface area is 132 Å². The minimum atomic E-state index is -1.20. The van der Waals surface area contributed by atoms with Gasteiger partial charge in [0.2, 0.25) is 0 Å². The zero-order valence-electron chi connectivity index (χ0n) is 13.5. The normalized spacial score (nSPS) is 21.6. The molecule has 1 amide bonds. The van der Waals surface area contributed by atoms with Crippen LogP contribution in [-0.2, 0) is 4.74 Å². The maximum absolute atomic E-state index is 13.4. The molecule has 1 aliphatic heterocycles. The highest BCUT2D eigenvalue weighted by molar-refractivity contribution is 6.76. The van der Waals surface area contributed by atoms with Crippen molar-refractivity contribution in [2.24, 2.45) is 0 Å². The molecule has 6 heteroatoms. The molecule has 2 unspecified atom stereocenters. The van der Waals surface area contributed by atoms with E-state index in [-0.39, 0.29) is 23.9 Å². The van der Waals surface area contributed by atoms with Crippen LogP contribution in [0.5, 0.6) is 0 Å². The predicted octanol–water partition coefficient (Wildman–Crippen LogP) is 2.95. The summed E-state index contributed by atoms with van der Waals surface area (Å²) in [4.78, 5) is 11.9. The van der Waals surface area contributed by atoms with Gasteiger partial charge in [-0.15, -0.1) is 0 Å². The molecule has 2 rings (SSSR count). The number of hydrogen-bond acceptors (Lipinski definition) is 3. The standard InChI is InChI=1S/C16H25FN2O2Si/c1-22(2,3)8-7-21-16(20)19-15-11-18-10-14(15)12-5-4-6-13(17)9-12/h4-6,9,14-15,18H,7-8,10-11H2,1-3H3,(H,19,20). The molecule has 1 aromatic carbocycles. The fourth-order valence-corrected chi connectivity index (χ4v) is 3.28. The number of ether oxygens (including phenoxy) is 1. The first-order valence-corrected chi connectivity index (χ1v) is 11.5. The number of carbonyl (C=O) groups is 1. The summed E-state index contributed by atoms with van der Waals surface area (Å²) in [5, 5.41) is 6.14. The minimum Gasteiger partial charge on any atom is -0.450 e. The van der Waals surface area contributed by atoms with E-state index in [1.165, 1.54) is 12.1 Å². The molecular weight excluding hydrogens is 299 g/mol. The number of carbonyl (C=O) groups excluding carboxylic acids is 1. The molecule has 1 heterocycles. The van der Waals surface area contributed by atoms with Gasteiger partial charge in [-0.2, -0.15) is 0 Å². The van der Waals surface area contributed by atoms with Crippen LogP contribution in [0.1, 0.15) is 11.5 Å². The molecule has 0 saturated carbocycles.